The smallest absolute Gasteiger partial charge is 0.223 e. The maximum Gasteiger partial charge on any atom is 0.223 e. The molecule has 1 amide bonds. The van der Waals surface area contributed by atoms with Gasteiger partial charge >= 0.3 is 0 Å². The predicted octanol–water partition coefficient (Wildman–Crippen LogP) is 4.00. The number of amides is 1. The molecule has 1 fully saturated rings. The van der Waals surface area contributed by atoms with Gasteiger partial charge in [-0.05, 0) is 61.8 Å². The first kappa shape index (κ1) is 20.1. The number of aromatic nitrogens is 1. The van der Waals surface area contributed by atoms with Gasteiger partial charge < -0.3 is 15.6 Å². The summed E-state index contributed by atoms with van der Waals surface area (Å²) in [7, 11) is 0. The molecule has 0 bridgehead atoms. The Hall–Kier alpha value is -3.15. The standard InChI is InChI=1S/C24H27N3O3/c1-15(21(28)12-8-16-7-11-20-22(13-16)30-27-23(20)25)26-24(29)19-10-9-18(14-19)17-5-3-2-4-6-17/h2-7,11,13,15,18-19H,8-10,12,14H2,1H3,(H2,25,27)(H,26,29)/t15-,18+,19+/m0/s1. The Labute approximate surface area is 175 Å². The Balaban J connectivity index is 1.27. The average Bonchev–Trinajstić information content (AvgIpc) is 3.40. The average molecular weight is 405 g/mol. The molecule has 2 aromatic carbocycles. The SMILES string of the molecule is C[C@H](NC(=O)[C@@H]1CC[C@@H](c2ccccc2)C1)C(=O)CCc1ccc2c(N)noc2c1. The van der Waals surface area contributed by atoms with Gasteiger partial charge in [-0.1, -0.05) is 41.6 Å². The first-order chi connectivity index (χ1) is 14.5. The van der Waals surface area contributed by atoms with E-state index in [2.05, 4.69) is 22.6 Å². The van der Waals surface area contributed by atoms with Crippen molar-refractivity contribution < 1.29 is 14.1 Å². The highest BCUT2D eigenvalue weighted by molar-refractivity contribution is 5.90. The van der Waals surface area contributed by atoms with E-state index in [4.69, 9.17) is 10.3 Å². The van der Waals surface area contributed by atoms with Crippen molar-refractivity contribution in [2.75, 3.05) is 5.73 Å². The molecule has 1 aliphatic rings. The van der Waals surface area contributed by atoms with Crippen LogP contribution >= 0.6 is 0 Å². The number of fused-ring (bicyclic) bond motifs is 1. The summed E-state index contributed by atoms with van der Waals surface area (Å²) < 4.78 is 5.18. The molecule has 1 saturated carbocycles. The normalized spacial score (nSPS) is 19.6. The first-order valence-corrected chi connectivity index (χ1v) is 10.5. The summed E-state index contributed by atoms with van der Waals surface area (Å²) in [5.74, 6) is 0.786. The lowest BCUT2D eigenvalue weighted by Crippen LogP contribution is -2.41. The van der Waals surface area contributed by atoms with E-state index < -0.39 is 6.04 Å². The highest BCUT2D eigenvalue weighted by Gasteiger charge is 2.31. The third-order valence-corrected chi connectivity index (χ3v) is 6.14. The molecule has 0 unspecified atom stereocenters. The molecule has 30 heavy (non-hydrogen) atoms. The fourth-order valence-electron chi connectivity index (χ4n) is 4.30. The molecular formula is C24H27N3O3. The fourth-order valence-corrected chi connectivity index (χ4v) is 4.30. The second kappa shape index (κ2) is 8.69. The van der Waals surface area contributed by atoms with Gasteiger partial charge in [0.2, 0.25) is 5.91 Å². The molecule has 0 saturated heterocycles. The van der Waals surface area contributed by atoms with Crippen LogP contribution in [0.5, 0.6) is 0 Å². The van der Waals surface area contributed by atoms with Crippen molar-refractivity contribution in [1.82, 2.24) is 10.5 Å². The topological polar surface area (TPSA) is 98.2 Å². The van der Waals surface area contributed by atoms with E-state index in [1.807, 2.05) is 36.4 Å². The highest BCUT2D eigenvalue weighted by atomic mass is 16.5. The molecule has 0 radical (unpaired) electrons. The zero-order valence-electron chi connectivity index (χ0n) is 17.1. The van der Waals surface area contributed by atoms with Gasteiger partial charge in [0, 0.05) is 12.3 Å². The third-order valence-electron chi connectivity index (χ3n) is 6.14. The summed E-state index contributed by atoms with van der Waals surface area (Å²) in [5.41, 5.74) is 8.62. The van der Waals surface area contributed by atoms with E-state index in [0.717, 1.165) is 30.2 Å². The van der Waals surface area contributed by atoms with Crippen LogP contribution < -0.4 is 11.1 Å². The van der Waals surface area contributed by atoms with Crippen molar-refractivity contribution in [2.24, 2.45) is 5.92 Å². The number of nitrogens with one attached hydrogen (secondary N) is 1. The second-order valence-corrected chi connectivity index (χ2v) is 8.21. The van der Waals surface area contributed by atoms with Crippen molar-refractivity contribution in [3.05, 3.63) is 59.7 Å². The van der Waals surface area contributed by atoms with Crippen LogP contribution in [0.15, 0.2) is 53.1 Å². The molecule has 1 aromatic heterocycles. The summed E-state index contributed by atoms with van der Waals surface area (Å²) >= 11 is 0. The number of hydrogen-bond acceptors (Lipinski definition) is 5. The van der Waals surface area contributed by atoms with Gasteiger partial charge in [-0.3, -0.25) is 9.59 Å². The lowest BCUT2D eigenvalue weighted by Gasteiger charge is -2.17. The quantitative estimate of drug-likeness (QED) is 0.619. The van der Waals surface area contributed by atoms with Crippen LogP contribution in [0.3, 0.4) is 0 Å². The van der Waals surface area contributed by atoms with Crippen LogP contribution in [0, 0.1) is 5.92 Å². The second-order valence-electron chi connectivity index (χ2n) is 8.21. The van der Waals surface area contributed by atoms with Gasteiger partial charge in [0.05, 0.1) is 11.4 Å². The first-order valence-electron chi connectivity index (χ1n) is 10.5. The molecule has 156 valence electrons. The lowest BCUT2D eigenvalue weighted by molar-refractivity contribution is -0.129. The number of benzene rings is 2. The van der Waals surface area contributed by atoms with Crippen molar-refractivity contribution in [2.45, 2.75) is 51.0 Å². The summed E-state index contributed by atoms with van der Waals surface area (Å²) in [4.78, 5) is 25.2. The van der Waals surface area contributed by atoms with Crippen molar-refractivity contribution in [3.63, 3.8) is 0 Å². The molecule has 6 heteroatoms. The van der Waals surface area contributed by atoms with E-state index in [9.17, 15) is 9.59 Å². The number of nitrogens with two attached hydrogens (primary N) is 1. The number of aryl methyl sites for hydroxylation is 1. The summed E-state index contributed by atoms with van der Waals surface area (Å²) in [5, 5.41) is 7.45. The number of ketones is 1. The van der Waals surface area contributed by atoms with Crippen molar-refractivity contribution in [3.8, 4) is 0 Å². The van der Waals surface area contributed by atoms with E-state index >= 15 is 0 Å². The molecule has 0 aliphatic heterocycles. The molecule has 3 atom stereocenters. The summed E-state index contributed by atoms with van der Waals surface area (Å²) in [6.07, 6.45) is 3.66. The zero-order chi connectivity index (χ0) is 21.1. The lowest BCUT2D eigenvalue weighted by atomic mass is 9.96. The van der Waals surface area contributed by atoms with Gasteiger partial charge in [0.15, 0.2) is 17.2 Å². The van der Waals surface area contributed by atoms with Crippen LogP contribution in [-0.4, -0.2) is 22.9 Å². The number of nitrogen functional groups attached to an aromatic ring is 1. The molecule has 3 aromatic rings. The van der Waals surface area contributed by atoms with Gasteiger partial charge in [-0.25, -0.2) is 0 Å². The molecular weight excluding hydrogens is 378 g/mol. The fraction of sp³-hybridized carbons (Fsp3) is 0.375. The third kappa shape index (κ3) is 4.37. The van der Waals surface area contributed by atoms with Gasteiger partial charge in [0.1, 0.15) is 0 Å². The van der Waals surface area contributed by atoms with Gasteiger partial charge in [-0.15, -0.1) is 0 Å². The molecule has 6 nitrogen and oxygen atoms in total. The Morgan fingerprint density at radius 1 is 1.20 bits per heavy atom. The Kier molecular flexibility index (Phi) is 5.84. The van der Waals surface area contributed by atoms with Crippen LogP contribution in [-0.2, 0) is 16.0 Å². The molecule has 1 aliphatic carbocycles. The number of carbonyl (C=O) groups is 2. The largest absolute Gasteiger partial charge is 0.380 e. The maximum absolute atomic E-state index is 12.7. The number of nitrogens with zero attached hydrogens (tertiary/aromatic N) is 1. The molecule has 1 heterocycles. The zero-order valence-corrected chi connectivity index (χ0v) is 17.1. The summed E-state index contributed by atoms with van der Waals surface area (Å²) in [6.45, 7) is 1.77. The maximum atomic E-state index is 12.7. The molecule has 0 spiro atoms. The number of hydrogen-bond donors (Lipinski definition) is 2. The molecule has 4 rings (SSSR count). The van der Waals surface area contributed by atoms with Gasteiger partial charge in [-0.2, -0.15) is 0 Å². The minimum Gasteiger partial charge on any atom is -0.380 e. The van der Waals surface area contributed by atoms with Gasteiger partial charge in [0.25, 0.3) is 0 Å². The minimum atomic E-state index is -0.488. The molecule has 3 N–H and O–H groups in total. The van der Waals surface area contributed by atoms with Crippen LogP contribution in [0.25, 0.3) is 11.0 Å². The van der Waals surface area contributed by atoms with E-state index in [1.165, 1.54) is 5.56 Å². The number of anilines is 1. The Morgan fingerprint density at radius 3 is 2.80 bits per heavy atom. The van der Waals surface area contributed by atoms with Crippen LogP contribution in [0.2, 0.25) is 0 Å². The minimum absolute atomic E-state index is 0.00663. The van der Waals surface area contributed by atoms with E-state index in [-0.39, 0.29) is 17.6 Å². The summed E-state index contributed by atoms with van der Waals surface area (Å²) in [6, 6.07) is 15.5. The number of carbonyl (C=O) groups excluding carboxylic acids is 2. The van der Waals surface area contributed by atoms with E-state index in [1.54, 1.807) is 6.92 Å². The van der Waals surface area contributed by atoms with Crippen molar-refractivity contribution in [1.29, 1.82) is 0 Å². The Bertz CT molecular complexity index is 1040. The van der Waals surface area contributed by atoms with Crippen molar-refractivity contribution >= 4 is 28.5 Å². The monoisotopic (exact) mass is 405 g/mol. The van der Waals surface area contributed by atoms with Crippen LogP contribution in [0.1, 0.15) is 49.7 Å². The number of Topliss-reactive ketones (excluding diaryl/α,β-unsaturated/α-hetero) is 1. The Morgan fingerprint density at radius 2 is 2.00 bits per heavy atom. The number of rotatable bonds is 7. The van der Waals surface area contributed by atoms with Crippen LogP contribution in [0.4, 0.5) is 5.82 Å². The van der Waals surface area contributed by atoms with E-state index in [0.29, 0.717) is 30.2 Å². The predicted molar refractivity (Wildman–Crippen MR) is 116 cm³/mol. The highest BCUT2D eigenvalue weighted by Crippen LogP contribution is 2.38.